The quantitative estimate of drug-likeness (QED) is 0.390. The van der Waals surface area contributed by atoms with Crippen molar-refractivity contribution in [1.82, 2.24) is 4.98 Å². The Morgan fingerprint density at radius 2 is 1.64 bits per heavy atom. The maximum absolute atomic E-state index is 12.9. The number of halogens is 3. The summed E-state index contributed by atoms with van der Waals surface area (Å²) in [7, 11) is 0. The van der Waals surface area contributed by atoms with Gasteiger partial charge < -0.3 is 5.11 Å². The Kier molecular flexibility index (Phi) is 4.94. The Morgan fingerprint density at radius 1 is 1.04 bits per heavy atom. The Balaban J connectivity index is 2.05. The third-order valence-electron chi connectivity index (χ3n) is 4.30. The third kappa shape index (κ3) is 3.87. The predicted molar refractivity (Wildman–Crippen MR) is 105 cm³/mol. The van der Waals surface area contributed by atoms with E-state index in [1.807, 2.05) is 18.2 Å². The van der Waals surface area contributed by atoms with Gasteiger partial charge in [0.25, 0.3) is 0 Å². The van der Waals surface area contributed by atoms with Crippen LogP contribution >= 0.6 is 11.3 Å². The van der Waals surface area contributed by atoms with E-state index in [-0.39, 0.29) is 27.3 Å². The second-order valence-electron chi connectivity index (χ2n) is 7.36. The van der Waals surface area contributed by atoms with E-state index >= 15 is 0 Å². The summed E-state index contributed by atoms with van der Waals surface area (Å²) in [5.74, 6) is -0.252. The van der Waals surface area contributed by atoms with Gasteiger partial charge in [0, 0.05) is 5.56 Å². The van der Waals surface area contributed by atoms with Crippen LogP contribution in [-0.2, 0) is 11.6 Å². The van der Waals surface area contributed by atoms with Gasteiger partial charge in [-0.15, -0.1) is 11.3 Å². The second kappa shape index (κ2) is 6.95. The summed E-state index contributed by atoms with van der Waals surface area (Å²) in [5, 5.41) is 20.3. The lowest BCUT2D eigenvalue weighted by Crippen LogP contribution is -2.10. The predicted octanol–water partition coefficient (Wildman–Crippen LogP) is 6.56. The summed E-state index contributed by atoms with van der Waals surface area (Å²) < 4.78 is 39.2. The standard InChI is InChI=1S/C21H17F3N2OS/c1-20(2,3)13-6-4-12(5-7-13)18(27)15(11-25)19-26-16-10-14(21(22,23)24)8-9-17(16)28-19/h4-10,27H,1-3H3/b18-15-. The van der Waals surface area contributed by atoms with Crippen LogP contribution in [0.2, 0.25) is 0 Å². The van der Waals surface area contributed by atoms with Gasteiger partial charge in [0.15, 0.2) is 0 Å². The number of aliphatic hydroxyl groups excluding tert-OH is 1. The first kappa shape index (κ1) is 19.9. The highest BCUT2D eigenvalue weighted by molar-refractivity contribution is 7.19. The van der Waals surface area contributed by atoms with Gasteiger partial charge in [0.05, 0.1) is 15.8 Å². The van der Waals surface area contributed by atoms with Crippen LogP contribution in [0, 0.1) is 11.3 Å². The van der Waals surface area contributed by atoms with E-state index in [9.17, 15) is 23.5 Å². The number of rotatable bonds is 2. The molecule has 0 saturated carbocycles. The molecule has 28 heavy (non-hydrogen) atoms. The second-order valence-corrected chi connectivity index (χ2v) is 8.39. The van der Waals surface area contributed by atoms with Gasteiger partial charge in [-0.3, -0.25) is 0 Å². The molecule has 1 heterocycles. The molecule has 0 aliphatic rings. The van der Waals surface area contributed by atoms with Crippen LogP contribution in [0.15, 0.2) is 42.5 Å². The van der Waals surface area contributed by atoms with Crippen LogP contribution in [0.4, 0.5) is 13.2 Å². The summed E-state index contributed by atoms with van der Waals surface area (Å²) in [5.41, 5.74) is 0.721. The smallest absolute Gasteiger partial charge is 0.416 e. The van der Waals surface area contributed by atoms with Crippen molar-refractivity contribution in [3.63, 3.8) is 0 Å². The van der Waals surface area contributed by atoms with Crippen LogP contribution in [0.25, 0.3) is 21.5 Å². The zero-order valence-corrected chi connectivity index (χ0v) is 16.2. The van der Waals surface area contributed by atoms with Gasteiger partial charge in [-0.25, -0.2) is 4.98 Å². The highest BCUT2D eigenvalue weighted by atomic mass is 32.1. The monoisotopic (exact) mass is 402 g/mol. The van der Waals surface area contributed by atoms with Crippen molar-refractivity contribution in [2.24, 2.45) is 0 Å². The number of nitriles is 1. The molecule has 0 radical (unpaired) electrons. The number of aliphatic hydroxyl groups is 1. The number of alkyl halides is 3. The van der Waals surface area contributed by atoms with E-state index in [0.717, 1.165) is 29.0 Å². The molecule has 0 aliphatic heterocycles. The van der Waals surface area contributed by atoms with E-state index in [4.69, 9.17) is 0 Å². The van der Waals surface area contributed by atoms with Gasteiger partial charge in [-0.1, -0.05) is 45.0 Å². The molecule has 144 valence electrons. The molecule has 3 rings (SSSR count). The topological polar surface area (TPSA) is 56.9 Å². The van der Waals surface area contributed by atoms with E-state index in [1.165, 1.54) is 6.07 Å². The number of aromatic nitrogens is 1. The molecule has 0 aliphatic carbocycles. The first-order chi connectivity index (χ1) is 13.0. The Hall–Kier alpha value is -2.85. The van der Waals surface area contributed by atoms with Crippen molar-refractivity contribution in [2.75, 3.05) is 0 Å². The van der Waals surface area contributed by atoms with Crippen molar-refractivity contribution >= 4 is 32.9 Å². The number of nitrogens with zero attached hydrogens (tertiary/aromatic N) is 2. The fourth-order valence-corrected chi connectivity index (χ4v) is 3.63. The SMILES string of the molecule is CC(C)(C)c1ccc(/C(O)=C(\C#N)c2nc3cc(C(F)(F)F)ccc3s2)cc1. The third-order valence-corrected chi connectivity index (χ3v) is 5.36. The van der Waals surface area contributed by atoms with Crippen LogP contribution in [0.3, 0.4) is 0 Å². The minimum atomic E-state index is -4.47. The first-order valence-corrected chi connectivity index (χ1v) is 9.25. The average molecular weight is 402 g/mol. The van der Waals surface area contributed by atoms with Crippen molar-refractivity contribution in [2.45, 2.75) is 32.4 Å². The van der Waals surface area contributed by atoms with Crippen LogP contribution in [0.5, 0.6) is 0 Å². The first-order valence-electron chi connectivity index (χ1n) is 8.43. The zero-order chi connectivity index (χ0) is 20.7. The number of fused-ring (bicyclic) bond motifs is 1. The molecule has 0 amide bonds. The maximum Gasteiger partial charge on any atom is 0.416 e. The van der Waals surface area contributed by atoms with E-state index < -0.39 is 11.7 Å². The lowest BCUT2D eigenvalue weighted by atomic mass is 9.86. The molecule has 0 saturated heterocycles. The number of allylic oxidation sites excluding steroid dienone is 1. The minimum absolute atomic E-state index is 0.0564. The molecule has 0 spiro atoms. The number of hydrogen-bond acceptors (Lipinski definition) is 4. The molecular formula is C21H17F3N2OS. The van der Waals surface area contributed by atoms with Crippen LogP contribution < -0.4 is 0 Å². The molecular weight excluding hydrogens is 385 g/mol. The number of hydrogen-bond donors (Lipinski definition) is 1. The van der Waals surface area contributed by atoms with Gasteiger partial charge in [0.2, 0.25) is 0 Å². The maximum atomic E-state index is 12.9. The Morgan fingerprint density at radius 3 is 2.18 bits per heavy atom. The molecule has 1 N–H and O–H groups in total. The lowest BCUT2D eigenvalue weighted by Gasteiger charge is -2.19. The van der Waals surface area contributed by atoms with Gasteiger partial charge in [-0.05, 0) is 29.2 Å². The average Bonchev–Trinajstić information content (AvgIpc) is 3.03. The molecule has 0 atom stereocenters. The zero-order valence-electron chi connectivity index (χ0n) is 15.4. The normalized spacial score (nSPS) is 13.3. The number of thiazole rings is 1. The Labute approximate surface area is 164 Å². The van der Waals surface area contributed by atoms with Crippen LogP contribution in [-0.4, -0.2) is 10.1 Å². The molecule has 0 fully saturated rings. The lowest BCUT2D eigenvalue weighted by molar-refractivity contribution is -0.137. The summed E-state index contributed by atoms with van der Waals surface area (Å²) >= 11 is 1.06. The molecule has 2 aromatic carbocycles. The molecule has 7 heteroatoms. The molecule has 3 aromatic rings. The summed E-state index contributed by atoms with van der Waals surface area (Å²) in [6.07, 6.45) is -4.47. The molecule has 0 unspecified atom stereocenters. The fraction of sp³-hybridized carbons (Fsp3) is 0.238. The van der Waals surface area contributed by atoms with E-state index in [2.05, 4.69) is 25.8 Å². The summed E-state index contributed by atoms with van der Waals surface area (Å²) in [6, 6.07) is 12.3. The van der Waals surface area contributed by atoms with Crippen molar-refractivity contribution in [3.8, 4) is 6.07 Å². The summed E-state index contributed by atoms with van der Waals surface area (Å²) in [6.45, 7) is 6.19. The van der Waals surface area contributed by atoms with Gasteiger partial charge >= 0.3 is 6.18 Å². The van der Waals surface area contributed by atoms with E-state index in [1.54, 1.807) is 12.1 Å². The highest BCUT2D eigenvalue weighted by Gasteiger charge is 2.31. The Bertz CT molecular complexity index is 1100. The molecule has 0 bridgehead atoms. The van der Waals surface area contributed by atoms with Gasteiger partial charge in [-0.2, -0.15) is 18.4 Å². The minimum Gasteiger partial charge on any atom is -0.506 e. The van der Waals surface area contributed by atoms with Crippen molar-refractivity contribution in [3.05, 3.63) is 64.2 Å². The molecule has 3 nitrogen and oxygen atoms in total. The van der Waals surface area contributed by atoms with Gasteiger partial charge in [0.1, 0.15) is 22.4 Å². The highest BCUT2D eigenvalue weighted by Crippen LogP contribution is 2.35. The van der Waals surface area contributed by atoms with Crippen molar-refractivity contribution in [1.29, 1.82) is 5.26 Å². The largest absolute Gasteiger partial charge is 0.506 e. The molecule has 1 aromatic heterocycles. The number of benzene rings is 2. The summed E-state index contributed by atoms with van der Waals surface area (Å²) in [4.78, 5) is 4.14. The van der Waals surface area contributed by atoms with Crippen molar-refractivity contribution < 1.29 is 18.3 Å². The fourth-order valence-electron chi connectivity index (χ4n) is 2.69. The van der Waals surface area contributed by atoms with E-state index in [0.29, 0.717) is 10.3 Å². The van der Waals surface area contributed by atoms with Crippen LogP contribution in [0.1, 0.15) is 42.5 Å².